The van der Waals surface area contributed by atoms with Gasteiger partial charge in [0, 0.05) is 31.1 Å². The lowest BCUT2D eigenvalue weighted by Gasteiger charge is -2.33. The normalized spacial score (nSPS) is 22.2. The summed E-state index contributed by atoms with van der Waals surface area (Å²) in [5, 5.41) is 10.6. The van der Waals surface area contributed by atoms with Crippen LogP contribution in [0.2, 0.25) is 0 Å². The Balaban J connectivity index is 1.39. The summed E-state index contributed by atoms with van der Waals surface area (Å²) in [6.45, 7) is 8.57. The SMILES string of the molecule is Cc1ccc2c(c1)N(c1ccc(CC3=NCC(C)(C)N3)cc1)C(=O)N(C1CCOCC1)N=C2C1CCCCC1. The van der Waals surface area contributed by atoms with Crippen LogP contribution in [0, 0.1) is 12.8 Å². The van der Waals surface area contributed by atoms with Crippen LogP contribution in [0.4, 0.5) is 16.2 Å². The van der Waals surface area contributed by atoms with E-state index in [0.717, 1.165) is 72.7 Å². The Bertz CT molecular complexity index is 1270. The van der Waals surface area contributed by atoms with Crippen LogP contribution in [0.1, 0.15) is 75.5 Å². The van der Waals surface area contributed by atoms with E-state index >= 15 is 0 Å². The van der Waals surface area contributed by atoms with E-state index in [2.05, 4.69) is 73.5 Å². The van der Waals surface area contributed by atoms with Crippen LogP contribution >= 0.6 is 0 Å². The third kappa shape index (κ3) is 5.46. The molecule has 39 heavy (non-hydrogen) atoms. The largest absolute Gasteiger partial charge is 0.381 e. The standard InChI is InChI=1S/C32H41N5O2/c1-22-9-14-27-28(19-22)36(25-12-10-23(11-13-25)20-29-33-21-32(2,3)34-29)31(38)37(26-15-17-39-18-16-26)35-30(27)24-7-5-4-6-8-24/h9-14,19,24,26H,4-8,15-18,20-21H2,1-3H3,(H,33,34). The number of urea groups is 1. The van der Waals surface area contributed by atoms with Crippen molar-refractivity contribution in [2.75, 3.05) is 24.7 Å². The molecule has 1 saturated heterocycles. The maximum absolute atomic E-state index is 14.5. The molecule has 2 aromatic carbocycles. The van der Waals surface area contributed by atoms with Gasteiger partial charge < -0.3 is 10.1 Å². The number of amidine groups is 1. The molecular weight excluding hydrogens is 486 g/mol. The molecule has 2 aromatic rings. The van der Waals surface area contributed by atoms with Gasteiger partial charge in [0.25, 0.3) is 0 Å². The van der Waals surface area contributed by atoms with Gasteiger partial charge in [-0.2, -0.15) is 5.10 Å². The first kappa shape index (κ1) is 26.1. The Labute approximate surface area is 232 Å². The zero-order chi connectivity index (χ0) is 27.0. The van der Waals surface area contributed by atoms with E-state index in [0.29, 0.717) is 19.1 Å². The van der Waals surface area contributed by atoms with Crippen LogP contribution in [0.15, 0.2) is 52.6 Å². The first-order chi connectivity index (χ1) is 18.9. The average Bonchev–Trinajstić information content (AvgIpc) is 3.23. The molecule has 0 unspecified atom stereocenters. The number of carbonyl (C=O) groups is 1. The molecule has 206 valence electrons. The summed E-state index contributed by atoms with van der Waals surface area (Å²) in [6, 6.07) is 14.9. The summed E-state index contributed by atoms with van der Waals surface area (Å²) in [4.78, 5) is 21.0. The number of nitrogens with one attached hydrogen (secondary N) is 1. The fourth-order valence-electron chi connectivity index (χ4n) is 6.38. The predicted molar refractivity (Wildman–Crippen MR) is 157 cm³/mol. The molecule has 1 aliphatic carbocycles. The van der Waals surface area contributed by atoms with Gasteiger partial charge in [-0.1, -0.05) is 43.5 Å². The summed E-state index contributed by atoms with van der Waals surface area (Å²) >= 11 is 0. The third-order valence-corrected chi connectivity index (χ3v) is 8.52. The first-order valence-electron chi connectivity index (χ1n) is 14.7. The summed E-state index contributed by atoms with van der Waals surface area (Å²) in [5.41, 5.74) is 6.31. The van der Waals surface area contributed by atoms with Gasteiger partial charge in [0.2, 0.25) is 0 Å². The molecule has 2 amide bonds. The first-order valence-corrected chi connectivity index (χ1v) is 14.7. The number of aliphatic imine (C=N–C) groups is 1. The number of benzene rings is 2. The zero-order valence-corrected chi connectivity index (χ0v) is 23.6. The predicted octanol–water partition coefficient (Wildman–Crippen LogP) is 6.35. The Morgan fingerprint density at radius 3 is 2.44 bits per heavy atom. The highest BCUT2D eigenvalue weighted by Gasteiger charge is 2.37. The molecule has 1 saturated carbocycles. The number of rotatable bonds is 5. The number of ether oxygens (including phenoxy) is 1. The van der Waals surface area contributed by atoms with Crippen LogP contribution < -0.4 is 10.2 Å². The monoisotopic (exact) mass is 527 g/mol. The topological polar surface area (TPSA) is 69.5 Å². The molecule has 7 nitrogen and oxygen atoms in total. The number of hydrazone groups is 1. The Morgan fingerprint density at radius 1 is 1.00 bits per heavy atom. The number of nitrogens with zero attached hydrogens (tertiary/aromatic N) is 4. The van der Waals surface area contributed by atoms with Gasteiger partial charge in [0.05, 0.1) is 35.2 Å². The lowest BCUT2D eigenvalue weighted by atomic mass is 9.82. The Morgan fingerprint density at radius 2 is 1.74 bits per heavy atom. The van der Waals surface area contributed by atoms with Gasteiger partial charge in [-0.15, -0.1) is 0 Å². The quantitative estimate of drug-likeness (QED) is 0.492. The highest BCUT2D eigenvalue weighted by atomic mass is 16.5. The minimum Gasteiger partial charge on any atom is -0.381 e. The van der Waals surface area contributed by atoms with Crippen LogP contribution in [-0.4, -0.2) is 53.9 Å². The van der Waals surface area contributed by atoms with Gasteiger partial charge in [0.1, 0.15) is 5.84 Å². The summed E-state index contributed by atoms with van der Waals surface area (Å²) in [6.07, 6.45) is 8.36. The van der Waals surface area contributed by atoms with Crippen molar-refractivity contribution in [1.82, 2.24) is 10.3 Å². The summed E-state index contributed by atoms with van der Waals surface area (Å²) in [5.74, 6) is 1.40. The Hall–Kier alpha value is -3.19. The van der Waals surface area contributed by atoms with E-state index in [4.69, 9.17) is 9.84 Å². The molecule has 0 atom stereocenters. The van der Waals surface area contributed by atoms with Crippen LogP contribution in [-0.2, 0) is 11.2 Å². The van der Waals surface area contributed by atoms with Crippen molar-refractivity contribution in [2.24, 2.45) is 16.0 Å². The maximum Gasteiger partial charge on any atom is 0.349 e. The van der Waals surface area contributed by atoms with Gasteiger partial charge in [0.15, 0.2) is 0 Å². The van der Waals surface area contributed by atoms with E-state index in [9.17, 15) is 4.79 Å². The zero-order valence-electron chi connectivity index (χ0n) is 23.6. The van der Waals surface area contributed by atoms with Crippen LogP contribution in [0.3, 0.4) is 0 Å². The van der Waals surface area contributed by atoms with Crippen molar-refractivity contribution < 1.29 is 9.53 Å². The third-order valence-electron chi connectivity index (χ3n) is 8.52. The molecule has 0 spiro atoms. The number of fused-ring (bicyclic) bond motifs is 1. The summed E-state index contributed by atoms with van der Waals surface area (Å²) < 4.78 is 5.65. The molecule has 4 aliphatic rings. The smallest absolute Gasteiger partial charge is 0.349 e. The van der Waals surface area contributed by atoms with Crippen molar-refractivity contribution >= 4 is 29.0 Å². The highest BCUT2D eigenvalue weighted by molar-refractivity contribution is 6.14. The summed E-state index contributed by atoms with van der Waals surface area (Å²) in [7, 11) is 0. The fraction of sp³-hybridized carbons (Fsp3) is 0.531. The highest BCUT2D eigenvalue weighted by Crippen LogP contribution is 2.39. The molecule has 3 heterocycles. The van der Waals surface area contributed by atoms with Gasteiger partial charge in [-0.3, -0.25) is 9.89 Å². The van der Waals surface area contributed by atoms with E-state index in [1.54, 1.807) is 5.01 Å². The van der Waals surface area contributed by atoms with Crippen LogP contribution in [0.5, 0.6) is 0 Å². The van der Waals surface area contributed by atoms with Crippen molar-refractivity contribution in [3.05, 3.63) is 59.2 Å². The second-order valence-electron chi connectivity index (χ2n) is 12.3. The van der Waals surface area contributed by atoms with Gasteiger partial charge >= 0.3 is 6.03 Å². The van der Waals surface area contributed by atoms with Crippen molar-refractivity contribution in [3.63, 3.8) is 0 Å². The molecule has 3 aliphatic heterocycles. The van der Waals surface area contributed by atoms with Crippen molar-refractivity contribution in [2.45, 2.75) is 83.7 Å². The number of amides is 2. The van der Waals surface area contributed by atoms with Gasteiger partial charge in [-0.05, 0) is 75.8 Å². The molecule has 2 fully saturated rings. The van der Waals surface area contributed by atoms with E-state index < -0.39 is 0 Å². The number of anilines is 2. The minimum atomic E-state index is -0.0732. The average molecular weight is 528 g/mol. The second kappa shape index (κ2) is 10.8. The second-order valence-corrected chi connectivity index (χ2v) is 12.3. The number of hydrogen-bond donors (Lipinski definition) is 1. The molecular formula is C32H41N5O2. The minimum absolute atomic E-state index is 0.0129. The molecule has 0 radical (unpaired) electrons. The maximum atomic E-state index is 14.5. The number of aryl methyl sites for hydroxylation is 1. The van der Waals surface area contributed by atoms with E-state index in [1.807, 2.05) is 4.90 Å². The van der Waals surface area contributed by atoms with E-state index in [-0.39, 0.29) is 17.6 Å². The molecule has 1 N–H and O–H groups in total. The fourth-order valence-corrected chi connectivity index (χ4v) is 6.38. The van der Waals surface area contributed by atoms with Crippen LogP contribution in [0.25, 0.3) is 0 Å². The molecule has 0 aromatic heterocycles. The molecule has 7 heteroatoms. The van der Waals surface area contributed by atoms with Crippen molar-refractivity contribution in [3.8, 4) is 0 Å². The number of carbonyl (C=O) groups excluding carboxylic acids is 1. The Kier molecular flexibility index (Phi) is 7.19. The lowest BCUT2D eigenvalue weighted by molar-refractivity contribution is 0.0480. The van der Waals surface area contributed by atoms with E-state index in [1.165, 1.54) is 24.8 Å². The van der Waals surface area contributed by atoms with Gasteiger partial charge in [-0.25, -0.2) is 9.80 Å². The molecule has 0 bridgehead atoms. The number of hydrogen-bond acceptors (Lipinski definition) is 5. The molecule has 6 rings (SSSR count). The van der Waals surface area contributed by atoms with Crippen molar-refractivity contribution in [1.29, 1.82) is 0 Å². The lowest BCUT2D eigenvalue weighted by Crippen LogP contribution is -2.45.